The summed E-state index contributed by atoms with van der Waals surface area (Å²) in [4.78, 5) is 0. The Morgan fingerprint density at radius 2 is 2.08 bits per heavy atom. The molecule has 7 nitrogen and oxygen atoms in total. The highest BCUT2D eigenvalue weighted by Crippen LogP contribution is 2.38. The number of ether oxygens (including phenoxy) is 1. The maximum atomic E-state index is 9.67. The van der Waals surface area contributed by atoms with Crippen molar-refractivity contribution in [3.8, 4) is 11.8 Å². The molecule has 0 unspecified atom stereocenters. The highest BCUT2D eigenvalue weighted by molar-refractivity contribution is 6.16. The third-order valence-corrected chi connectivity index (χ3v) is 5.06. The van der Waals surface area contributed by atoms with Crippen LogP contribution in [0, 0.1) is 25.2 Å². The lowest BCUT2D eigenvalue weighted by Gasteiger charge is -2.10. The Kier molecular flexibility index (Phi) is 2.39. The number of methoxy groups -OCH3 is 1. The van der Waals surface area contributed by atoms with Gasteiger partial charge in [-0.1, -0.05) is 0 Å². The number of rotatable bonds is 1. The van der Waals surface area contributed by atoms with Crippen LogP contribution in [-0.2, 0) is 0 Å². The summed E-state index contributed by atoms with van der Waals surface area (Å²) in [5.74, 6) is 0.780. The van der Waals surface area contributed by atoms with Gasteiger partial charge >= 0.3 is 5.69 Å². The number of aryl methyl sites for hydroxylation is 2. The lowest BCUT2D eigenvalue weighted by atomic mass is 10.0. The number of nitriles is 1. The van der Waals surface area contributed by atoms with E-state index in [1.54, 1.807) is 13.4 Å². The Bertz CT molecular complexity index is 1370. The van der Waals surface area contributed by atoms with Crippen molar-refractivity contribution in [1.82, 2.24) is 14.0 Å². The van der Waals surface area contributed by atoms with Crippen molar-refractivity contribution in [1.29, 1.82) is 5.26 Å². The molecule has 0 aliphatic rings. The van der Waals surface area contributed by atoms with Crippen molar-refractivity contribution in [2.75, 3.05) is 12.8 Å². The summed E-state index contributed by atoms with van der Waals surface area (Å²) in [6.45, 7) is 3.98. The van der Waals surface area contributed by atoms with E-state index in [-0.39, 0.29) is 0 Å². The normalized spacial score (nSPS) is 11.9. The first-order valence-electron chi connectivity index (χ1n) is 7.89. The molecule has 0 saturated heterocycles. The van der Waals surface area contributed by atoms with Gasteiger partial charge in [0.15, 0.2) is 12.3 Å². The fraction of sp³-hybridized carbons (Fsp3) is 0.167. The van der Waals surface area contributed by atoms with E-state index in [2.05, 4.69) is 11.2 Å². The second kappa shape index (κ2) is 4.30. The molecule has 4 aromatic heterocycles. The summed E-state index contributed by atoms with van der Waals surface area (Å²) in [6.07, 6.45) is 3.71. The molecular formula is C18H15N6O+. The minimum absolute atomic E-state index is 0.443. The van der Waals surface area contributed by atoms with E-state index in [0.29, 0.717) is 11.4 Å². The van der Waals surface area contributed by atoms with Gasteiger partial charge in [-0.15, -0.1) is 4.40 Å². The highest BCUT2D eigenvalue weighted by Gasteiger charge is 2.31. The number of nitrogen functional groups attached to an aromatic ring is 1. The van der Waals surface area contributed by atoms with Crippen LogP contribution >= 0.6 is 0 Å². The average molecular weight is 331 g/mol. The smallest absolute Gasteiger partial charge is 0.313 e. The number of anilines is 1. The van der Waals surface area contributed by atoms with E-state index in [9.17, 15) is 5.26 Å². The first-order valence-corrected chi connectivity index (χ1v) is 7.89. The Hall–Kier alpha value is -3.53. The molecule has 0 spiro atoms. The third-order valence-electron chi connectivity index (χ3n) is 5.06. The molecule has 25 heavy (non-hydrogen) atoms. The number of hydrogen-bond donors (Lipinski definition) is 1. The van der Waals surface area contributed by atoms with Crippen LogP contribution in [0.5, 0.6) is 5.75 Å². The van der Waals surface area contributed by atoms with Crippen molar-refractivity contribution in [2.24, 2.45) is 0 Å². The summed E-state index contributed by atoms with van der Waals surface area (Å²) in [6, 6.07) is 6.16. The molecule has 7 heteroatoms. The summed E-state index contributed by atoms with van der Waals surface area (Å²) >= 11 is 0. The molecule has 1 aromatic carbocycles. The molecule has 4 heterocycles. The van der Waals surface area contributed by atoms with Crippen molar-refractivity contribution in [3.05, 3.63) is 41.6 Å². The molecule has 0 aliphatic heterocycles. The summed E-state index contributed by atoms with van der Waals surface area (Å²) in [5.41, 5.74) is 12.0. The van der Waals surface area contributed by atoms with Crippen LogP contribution in [0.1, 0.15) is 17.0 Å². The van der Waals surface area contributed by atoms with Gasteiger partial charge in [0.05, 0.1) is 23.7 Å². The van der Waals surface area contributed by atoms with Crippen LogP contribution < -0.4 is 14.9 Å². The second-order valence-electron chi connectivity index (χ2n) is 6.26. The van der Waals surface area contributed by atoms with E-state index in [1.807, 2.05) is 45.5 Å². The van der Waals surface area contributed by atoms with Crippen molar-refractivity contribution < 1.29 is 9.14 Å². The minimum Gasteiger partial charge on any atom is -0.496 e. The van der Waals surface area contributed by atoms with Gasteiger partial charge in [-0.3, -0.25) is 4.40 Å². The third kappa shape index (κ3) is 1.41. The topological polar surface area (TPSA) is 84.8 Å². The average Bonchev–Trinajstić information content (AvgIpc) is 3.15. The Labute approximate surface area is 142 Å². The maximum absolute atomic E-state index is 9.67. The molecule has 2 N–H and O–H groups in total. The molecule has 0 atom stereocenters. The van der Waals surface area contributed by atoms with E-state index >= 15 is 0 Å². The first kappa shape index (κ1) is 13.9. The molecule has 0 aliphatic carbocycles. The highest BCUT2D eigenvalue weighted by atomic mass is 16.5. The van der Waals surface area contributed by atoms with Gasteiger partial charge in [0.25, 0.3) is 5.52 Å². The van der Waals surface area contributed by atoms with Crippen LogP contribution in [0.25, 0.3) is 27.5 Å². The molecule has 122 valence electrons. The number of nitrogens with two attached hydrogens (primary N) is 1. The number of benzene rings is 1. The van der Waals surface area contributed by atoms with Gasteiger partial charge in [-0.25, -0.2) is 4.52 Å². The van der Waals surface area contributed by atoms with Crippen LogP contribution in [0.4, 0.5) is 5.69 Å². The molecule has 0 radical (unpaired) electrons. The molecular weight excluding hydrogens is 316 g/mol. The fourth-order valence-electron chi connectivity index (χ4n) is 3.93. The minimum atomic E-state index is 0.443. The van der Waals surface area contributed by atoms with E-state index in [0.717, 1.165) is 44.5 Å². The lowest BCUT2D eigenvalue weighted by molar-refractivity contribution is -0.511. The zero-order valence-corrected chi connectivity index (χ0v) is 14.0. The van der Waals surface area contributed by atoms with E-state index in [4.69, 9.17) is 10.5 Å². The SMILES string of the molecule is COc1ccc2c(c1C)c1c(N)c(C#N)[n+]3cc(C)n4cnn2c4c13. The maximum Gasteiger partial charge on any atom is 0.313 e. The Balaban J connectivity index is 2.26. The van der Waals surface area contributed by atoms with Gasteiger partial charge in [0.1, 0.15) is 17.8 Å². The zero-order chi connectivity index (χ0) is 17.5. The molecule has 0 saturated carbocycles. The standard InChI is InChI=1S/C18H15N6O/c1-9-7-22-12(6-19)16(20)15-14-10(2)13(25-3)5-4-11(14)24-18(17(15)22)23(9)8-21-24/h4-5,7-8H,20H2,1-3H3/q+1. The monoisotopic (exact) mass is 331 g/mol. The molecule has 0 fully saturated rings. The Morgan fingerprint density at radius 1 is 1.28 bits per heavy atom. The van der Waals surface area contributed by atoms with Gasteiger partial charge in [-0.05, 0) is 26.0 Å². The van der Waals surface area contributed by atoms with Crippen molar-refractivity contribution >= 4 is 33.1 Å². The van der Waals surface area contributed by atoms with E-state index in [1.165, 1.54) is 0 Å². The summed E-state index contributed by atoms with van der Waals surface area (Å²) in [7, 11) is 1.65. The summed E-state index contributed by atoms with van der Waals surface area (Å²) < 4.78 is 11.3. The summed E-state index contributed by atoms with van der Waals surface area (Å²) in [5, 5.41) is 16.1. The fourth-order valence-corrected chi connectivity index (χ4v) is 3.93. The van der Waals surface area contributed by atoms with Gasteiger partial charge in [0.2, 0.25) is 5.65 Å². The van der Waals surface area contributed by atoms with Crippen LogP contribution in [0.2, 0.25) is 0 Å². The largest absolute Gasteiger partial charge is 0.496 e. The van der Waals surface area contributed by atoms with Gasteiger partial charge in [0, 0.05) is 10.9 Å². The number of nitrogens with zero attached hydrogens (tertiary/aromatic N) is 5. The predicted octanol–water partition coefficient (Wildman–Crippen LogP) is 2.00. The van der Waals surface area contributed by atoms with E-state index < -0.39 is 0 Å². The quantitative estimate of drug-likeness (QED) is 0.376. The second-order valence-corrected chi connectivity index (χ2v) is 6.26. The molecule has 5 aromatic rings. The Morgan fingerprint density at radius 3 is 2.80 bits per heavy atom. The van der Waals surface area contributed by atoms with Gasteiger partial charge in [-0.2, -0.15) is 10.4 Å². The van der Waals surface area contributed by atoms with Crippen LogP contribution in [0.15, 0.2) is 24.7 Å². The van der Waals surface area contributed by atoms with Crippen molar-refractivity contribution in [2.45, 2.75) is 13.8 Å². The number of pyridine rings is 1. The van der Waals surface area contributed by atoms with Gasteiger partial charge < -0.3 is 10.5 Å². The van der Waals surface area contributed by atoms with Crippen LogP contribution in [-0.4, -0.2) is 21.1 Å². The van der Waals surface area contributed by atoms with Crippen molar-refractivity contribution in [3.63, 3.8) is 0 Å². The number of hydrogen-bond acceptors (Lipinski definition) is 4. The molecule has 0 bridgehead atoms. The molecule has 0 amide bonds. The first-order chi connectivity index (χ1) is 12.1. The lowest BCUT2D eigenvalue weighted by Crippen LogP contribution is -2.25. The predicted molar refractivity (Wildman–Crippen MR) is 93.2 cm³/mol. The zero-order valence-electron chi connectivity index (χ0n) is 14.0. The van der Waals surface area contributed by atoms with Crippen LogP contribution in [0.3, 0.4) is 0 Å². The number of fused-ring (bicyclic) bond motifs is 3. The molecule has 5 rings (SSSR count). The number of aromatic nitrogens is 4.